The van der Waals surface area contributed by atoms with Gasteiger partial charge in [0.15, 0.2) is 0 Å². The highest BCUT2D eigenvalue weighted by Crippen LogP contribution is 2.20. The number of nitrogens with zero attached hydrogens (tertiary/aromatic N) is 1. The van der Waals surface area contributed by atoms with Gasteiger partial charge in [0.2, 0.25) is 0 Å². The van der Waals surface area contributed by atoms with Crippen LogP contribution in [0.1, 0.15) is 27.9 Å². The highest BCUT2D eigenvalue weighted by atomic mass is 19.1. The van der Waals surface area contributed by atoms with Crippen molar-refractivity contribution in [3.8, 4) is 0 Å². The van der Waals surface area contributed by atoms with Crippen LogP contribution in [0.3, 0.4) is 0 Å². The zero-order valence-electron chi connectivity index (χ0n) is 11.5. The standard InChI is InChI=1S/C17H15F2NO/c18-14-8-12(9-15(19)10-14)11-20-7-3-5-13-4-1-2-6-16(13)17(20)21/h1-2,4,6,8-10H,3,5,7,11H2. The third-order valence-electron chi connectivity index (χ3n) is 3.70. The van der Waals surface area contributed by atoms with Crippen LogP contribution in [0.4, 0.5) is 8.78 Å². The van der Waals surface area contributed by atoms with Crippen LogP contribution in [-0.2, 0) is 13.0 Å². The molecule has 0 fully saturated rings. The topological polar surface area (TPSA) is 20.3 Å². The summed E-state index contributed by atoms with van der Waals surface area (Å²) in [5.41, 5.74) is 2.20. The first kappa shape index (κ1) is 13.7. The van der Waals surface area contributed by atoms with Gasteiger partial charge in [-0.1, -0.05) is 18.2 Å². The maximum Gasteiger partial charge on any atom is 0.254 e. The fraction of sp³-hybridized carbons (Fsp3) is 0.235. The van der Waals surface area contributed by atoms with Gasteiger partial charge in [-0.3, -0.25) is 4.79 Å². The summed E-state index contributed by atoms with van der Waals surface area (Å²) in [6.07, 6.45) is 1.69. The number of halogens is 2. The average Bonchev–Trinajstić information content (AvgIpc) is 2.59. The van der Waals surface area contributed by atoms with Crippen molar-refractivity contribution < 1.29 is 13.6 Å². The summed E-state index contributed by atoms with van der Waals surface area (Å²) in [5.74, 6) is -1.31. The maximum absolute atomic E-state index is 13.3. The molecule has 1 heterocycles. The quantitative estimate of drug-likeness (QED) is 0.827. The van der Waals surface area contributed by atoms with Gasteiger partial charge in [0, 0.05) is 24.7 Å². The summed E-state index contributed by atoms with van der Waals surface area (Å²) >= 11 is 0. The molecule has 4 heteroatoms. The molecule has 0 aliphatic carbocycles. The van der Waals surface area contributed by atoms with E-state index in [-0.39, 0.29) is 12.5 Å². The van der Waals surface area contributed by atoms with E-state index in [0.717, 1.165) is 24.5 Å². The van der Waals surface area contributed by atoms with Crippen molar-refractivity contribution in [3.05, 3.63) is 70.8 Å². The van der Waals surface area contributed by atoms with E-state index in [1.807, 2.05) is 24.3 Å². The predicted molar refractivity (Wildman–Crippen MR) is 75.9 cm³/mol. The summed E-state index contributed by atoms with van der Waals surface area (Å²) in [7, 11) is 0. The van der Waals surface area contributed by atoms with E-state index in [1.54, 1.807) is 4.90 Å². The number of carbonyl (C=O) groups is 1. The molecule has 2 nitrogen and oxygen atoms in total. The minimum absolute atomic E-state index is 0.0761. The SMILES string of the molecule is O=C1c2ccccc2CCCN1Cc1cc(F)cc(F)c1. The molecular formula is C17H15F2NO. The summed E-state index contributed by atoms with van der Waals surface area (Å²) in [6, 6.07) is 10.9. The lowest BCUT2D eigenvalue weighted by molar-refractivity contribution is 0.0748. The molecule has 3 rings (SSSR count). The van der Waals surface area contributed by atoms with Crippen molar-refractivity contribution in [2.45, 2.75) is 19.4 Å². The Balaban J connectivity index is 1.87. The number of hydrogen-bond donors (Lipinski definition) is 0. The Bertz CT molecular complexity index is 664. The van der Waals surface area contributed by atoms with Crippen LogP contribution in [0.15, 0.2) is 42.5 Å². The average molecular weight is 287 g/mol. The van der Waals surface area contributed by atoms with Gasteiger partial charge < -0.3 is 4.90 Å². The Morgan fingerprint density at radius 1 is 1.05 bits per heavy atom. The number of carbonyl (C=O) groups excluding carboxylic acids is 1. The second-order valence-electron chi connectivity index (χ2n) is 5.27. The van der Waals surface area contributed by atoms with Crippen LogP contribution in [0.25, 0.3) is 0 Å². The van der Waals surface area contributed by atoms with Gasteiger partial charge in [-0.2, -0.15) is 0 Å². The van der Waals surface area contributed by atoms with E-state index in [0.29, 0.717) is 17.7 Å². The monoisotopic (exact) mass is 287 g/mol. The third kappa shape index (κ3) is 2.94. The van der Waals surface area contributed by atoms with E-state index in [4.69, 9.17) is 0 Å². The minimum Gasteiger partial charge on any atom is -0.334 e. The highest BCUT2D eigenvalue weighted by Gasteiger charge is 2.22. The molecule has 0 aromatic heterocycles. The second kappa shape index (κ2) is 5.64. The van der Waals surface area contributed by atoms with Crippen molar-refractivity contribution in [1.82, 2.24) is 4.90 Å². The molecule has 108 valence electrons. The summed E-state index contributed by atoms with van der Waals surface area (Å²) in [4.78, 5) is 14.2. The fourth-order valence-corrected chi connectivity index (χ4v) is 2.75. The number of fused-ring (bicyclic) bond motifs is 1. The minimum atomic E-state index is -0.618. The number of amides is 1. The molecule has 21 heavy (non-hydrogen) atoms. The van der Waals surface area contributed by atoms with Gasteiger partial charge in [-0.15, -0.1) is 0 Å². The lowest BCUT2D eigenvalue weighted by Gasteiger charge is -2.21. The molecule has 0 unspecified atom stereocenters. The Hall–Kier alpha value is -2.23. The molecule has 0 spiro atoms. The first-order valence-electron chi connectivity index (χ1n) is 6.95. The Morgan fingerprint density at radius 2 is 1.76 bits per heavy atom. The molecule has 0 saturated carbocycles. The van der Waals surface area contributed by atoms with Gasteiger partial charge in [-0.05, 0) is 42.2 Å². The van der Waals surface area contributed by atoms with Gasteiger partial charge >= 0.3 is 0 Å². The van der Waals surface area contributed by atoms with Crippen LogP contribution in [0, 0.1) is 11.6 Å². The Labute approximate surface area is 122 Å². The van der Waals surface area contributed by atoms with Crippen LogP contribution >= 0.6 is 0 Å². The van der Waals surface area contributed by atoms with Crippen molar-refractivity contribution in [3.63, 3.8) is 0 Å². The van der Waals surface area contributed by atoms with Crippen molar-refractivity contribution in [2.24, 2.45) is 0 Å². The number of aryl methyl sites for hydroxylation is 1. The van der Waals surface area contributed by atoms with Crippen molar-refractivity contribution >= 4 is 5.91 Å². The number of benzene rings is 2. The Morgan fingerprint density at radius 3 is 2.52 bits per heavy atom. The molecule has 2 aromatic carbocycles. The predicted octanol–water partition coefficient (Wildman–Crippen LogP) is 3.55. The van der Waals surface area contributed by atoms with E-state index < -0.39 is 11.6 Å². The van der Waals surface area contributed by atoms with Crippen LogP contribution in [0.2, 0.25) is 0 Å². The first-order valence-corrected chi connectivity index (χ1v) is 6.95. The number of rotatable bonds is 2. The zero-order valence-corrected chi connectivity index (χ0v) is 11.5. The molecular weight excluding hydrogens is 272 g/mol. The molecule has 2 aromatic rings. The van der Waals surface area contributed by atoms with E-state index >= 15 is 0 Å². The summed E-state index contributed by atoms with van der Waals surface area (Å²) in [5, 5.41) is 0. The lowest BCUT2D eigenvalue weighted by Crippen LogP contribution is -2.30. The summed E-state index contributed by atoms with van der Waals surface area (Å²) < 4.78 is 26.5. The first-order chi connectivity index (χ1) is 10.1. The maximum atomic E-state index is 13.3. The van der Waals surface area contributed by atoms with Crippen molar-refractivity contribution in [1.29, 1.82) is 0 Å². The third-order valence-corrected chi connectivity index (χ3v) is 3.70. The molecule has 0 bridgehead atoms. The smallest absolute Gasteiger partial charge is 0.254 e. The van der Waals surface area contributed by atoms with Crippen LogP contribution in [0.5, 0.6) is 0 Å². The fourth-order valence-electron chi connectivity index (χ4n) is 2.75. The zero-order chi connectivity index (χ0) is 14.8. The molecule has 0 atom stereocenters. The molecule has 1 aliphatic rings. The Kier molecular flexibility index (Phi) is 3.69. The normalized spacial score (nSPS) is 14.8. The molecule has 1 amide bonds. The highest BCUT2D eigenvalue weighted by molar-refractivity contribution is 5.96. The summed E-state index contributed by atoms with van der Waals surface area (Å²) in [6.45, 7) is 0.813. The van der Waals surface area contributed by atoms with E-state index in [9.17, 15) is 13.6 Å². The van der Waals surface area contributed by atoms with Crippen LogP contribution < -0.4 is 0 Å². The van der Waals surface area contributed by atoms with Gasteiger partial charge in [0.1, 0.15) is 11.6 Å². The second-order valence-corrected chi connectivity index (χ2v) is 5.27. The molecule has 0 radical (unpaired) electrons. The van der Waals surface area contributed by atoms with Gasteiger partial charge in [0.05, 0.1) is 0 Å². The molecule has 1 aliphatic heterocycles. The number of hydrogen-bond acceptors (Lipinski definition) is 1. The van der Waals surface area contributed by atoms with Crippen molar-refractivity contribution in [2.75, 3.05) is 6.54 Å². The lowest BCUT2D eigenvalue weighted by atomic mass is 10.0. The molecule has 0 N–H and O–H groups in total. The largest absolute Gasteiger partial charge is 0.334 e. The molecule has 0 saturated heterocycles. The van der Waals surface area contributed by atoms with E-state index in [2.05, 4.69) is 0 Å². The van der Waals surface area contributed by atoms with Gasteiger partial charge in [0.25, 0.3) is 5.91 Å². The van der Waals surface area contributed by atoms with E-state index in [1.165, 1.54) is 12.1 Å². The van der Waals surface area contributed by atoms with Crippen LogP contribution in [-0.4, -0.2) is 17.4 Å². The van der Waals surface area contributed by atoms with Gasteiger partial charge in [-0.25, -0.2) is 8.78 Å².